The lowest BCUT2D eigenvalue weighted by Gasteiger charge is -2.34. The van der Waals surface area contributed by atoms with Crippen molar-refractivity contribution in [1.29, 1.82) is 0 Å². The molecule has 24 heavy (non-hydrogen) atoms. The molecule has 1 saturated heterocycles. The number of hydrogen-bond donors (Lipinski definition) is 1. The van der Waals surface area contributed by atoms with E-state index in [0.717, 1.165) is 51.9 Å². The molecule has 1 N–H and O–H groups in total. The third-order valence-corrected chi connectivity index (χ3v) is 4.84. The average Bonchev–Trinajstić information content (AvgIpc) is 2.62. The van der Waals surface area contributed by atoms with Crippen LogP contribution in [0.5, 0.6) is 0 Å². The smallest absolute Gasteiger partial charge is 0.237 e. The van der Waals surface area contributed by atoms with Crippen molar-refractivity contribution >= 4 is 11.6 Å². The molecule has 1 fully saturated rings. The maximum Gasteiger partial charge on any atom is 0.237 e. The lowest BCUT2D eigenvalue weighted by Crippen LogP contribution is -2.49. The normalized spacial score (nSPS) is 18.3. The molecule has 1 amide bonds. The van der Waals surface area contributed by atoms with Crippen LogP contribution < -0.4 is 10.2 Å². The standard InChI is InChI=1S/C20H33N3O/c1-3-15-23-17-9-7-13-19(23)20(24)21-14-8-10-16-22(2)18-11-5-4-6-12-18/h4-6,11-12,19H,3,7-10,13-17H2,1-2H3,(H,21,24). The zero-order chi connectivity index (χ0) is 17.2. The molecule has 1 aliphatic rings. The highest BCUT2D eigenvalue weighted by molar-refractivity contribution is 5.81. The van der Waals surface area contributed by atoms with Crippen LogP contribution in [0, 0.1) is 0 Å². The van der Waals surface area contributed by atoms with Gasteiger partial charge in [0.1, 0.15) is 0 Å². The van der Waals surface area contributed by atoms with Gasteiger partial charge in [-0.2, -0.15) is 0 Å². The molecular weight excluding hydrogens is 298 g/mol. The number of unbranched alkanes of at least 4 members (excludes halogenated alkanes) is 1. The Labute approximate surface area is 147 Å². The molecule has 0 aromatic heterocycles. The van der Waals surface area contributed by atoms with Crippen LogP contribution in [0.25, 0.3) is 0 Å². The SMILES string of the molecule is CCCN1CCCCC1C(=O)NCCCCN(C)c1ccccc1. The van der Waals surface area contributed by atoms with Crippen molar-refractivity contribution in [3.8, 4) is 0 Å². The van der Waals surface area contributed by atoms with Gasteiger partial charge in [-0.1, -0.05) is 31.5 Å². The number of para-hydroxylation sites is 1. The van der Waals surface area contributed by atoms with Crippen molar-refractivity contribution in [2.24, 2.45) is 0 Å². The van der Waals surface area contributed by atoms with Gasteiger partial charge in [-0.25, -0.2) is 0 Å². The van der Waals surface area contributed by atoms with Crippen LogP contribution in [0.2, 0.25) is 0 Å². The molecule has 1 aliphatic heterocycles. The van der Waals surface area contributed by atoms with E-state index in [0.29, 0.717) is 0 Å². The van der Waals surface area contributed by atoms with Gasteiger partial charge in [0.2, 0.25) is 5.91 Å². The van der Waals surface area contributed by atoms with E-state index in [1.165, 1.54) is 18.5 Å². The van der Waals surface area contributed by atoms with E-state index in [2.05, 4.69) is 53.4 Å². The highest BCUT2D eigenvalue weighted by Gasteiger charge is 2.27. The van der Waals surface area contributed by atoms with Crippen LogP contribution in [-0.4, -0.2) is 50.1 Å². The lowest BCUT2D eigenvalue weighted by molar-refractivity contribution is -0.127. The number of benzene rings is 1. The Hall–Kier alpha value is -1.55. The largest absolute Gasteiger partial charge is 0.375 e. The van der Waals surface area contributed by atoms with Crippen molar-refractivity contribution in [3.05, 3.63) is 30.3 Å². The maximum absolute atomic E-state index is 12.4. The molecule has 1 aromatic carbocycles. The van der Waals surface area contributed by atoms with Crippen molar-refractivity contribution in [2.75, 3.05) is 38.1 Å². The molecule has 0 bridgehead atoms. The number of amides is 1. The summed E-state index contributed by atoms with van der Waals surface area (Å²) in [4.78, 5) is 17.1. The molecule has 4 nitrogen and oxygen atoms in total. The van der Waals surface area contributed by atoms with Gasteiger partial charge in [-0.3, -0.25) is 9.69 Å². The minimum Gasteiger partial charge on any atom is -0.375 e. The van der Waals surface area contributed by atoms with Gasteiger partial charge in [0, 0.05) is 25.8 Å². The fraction of sp³-hybridized carbons (Fsp3) is 0.650. The summed E-state index contributed by atoms with van der Waals surface area (Å²) in [5.74, 6) is 0.236. The first kappa shape index (κ1) is 18.8. The summed E-state index contributed by atoms with van der Waals surface area (Å²) in [5.41, 5.74) is 1.25. The number of likely N-dealkylation sites (tertiary alicyclic amines) is 1. The number of nitrogens with one attached hydrogen (secondary N) is 1. The fourth-order valence-corrected chi connectivity index (χ4v) is 3.46. The van der Waals surface area contributed by atoms with Crippen molar-refractivity contribution in [2.45, 2.75) is 51.5 Å². The first-order valence-electron chi connectivity index (χ1n) is 9.50. The molecule has 1 heterocycles. The first-order valence-corrected chi connectivity index (χ1v) is 9.50. The van der Waals surface area contributed by atoms with Crippen LogP contribution in [0.3, 0.4) is 0 Å². The molecule has 2 rings (SSSR count). The summed E-state index contributed by atoms with van der Waals surface area (Å²) in [6.07, 6.45) is 6.67. The third kappa shape index (κ3) is 5.82. The summed E-state index contributed by atoms with van der Waals surface area (Å²) >= 11 is 0. The molecule has 4 heteroatoms. The Bertz CT molecular complexity index is 475. The quantitative estimate of drug-likeness (QED) is 0.705. The minimum atomic E-state index is 0.102. The average molecular weight is 332 g/mol. The second-order valence-corrected chi connectivity index (χ2v) is 6.80. The summed E-state index contributed by atoms with van der Waals surface area (Å²) in [7, 11) is 2.12. The summed E-state index contributed by atoms with van der Waals surface area (Å²) < 4.78 is 0. The molecule has 1 aromatic rings. The van der Waals surface area contributed by atoms with Gasteiger partial charge in [-0.05, 0) is 57.3 Å². The van der Waals surface area contributed by atoms with Crippen LogP contribution in [0.15, 0.2) is 30.3 Å². The fourth-order valence-electron chi connectivity index (χ4n) is 3.46. The van der Waals surface area contributed by atoms with Gasteiger partial charge in [0.05, 0.1) is 6.04 Å². The Morgan fingerprint density at radius 3 is 2.79 bits per heavy atom. The number of anilines is 1. The van der Waals surface area contributed by atoms with Crippen molar-refractivity contribution in [1.82, 2.24) is 10.2 Å². The molecule has 0 saturated carbocycles. The van der Waals surface area contributed by atoms with Gasteiger partial charge in [-0.15, -0.1) is 0 Å². The Morgan fingerprint density at radius 2 is 2.04 bits per heavy atom. The van der Waals surface area contributed by atoms with E-state index in [1.54, 1.807) is 0 Å². The molecular formula is C20H33N3O. The van der Waals surface area contributed by atoms with E-state index >= 15 is 0 Å². The van der Waals surface area contributed by atoms with Gasteiger partial charge in [0.25, 0.3) is 0 Å². The predicted molar refractivity (Wildman–Crippen MR) is 101 cm³/mol. The Kier molecular flexibility index (Phi) is 8.10. The summed E-state index contributed by atoms with van der Waals surface area (Å²) in [5, 5.41) is 3.16. The van der Waals surface area contributed by atoms with Gasteiger partial charge in [0.15, 0.2) is 0 Å². The van der Waals surface area contributed by atoms with Crippen LogP contribution >= 0.6 is 0 Å². The summed E-state index contributed by atoms with van der Waals surface area (Å²) in [6.45, 7) is 6.11. The monoisotopic (exact) mass is 331 g/mol. The second-order valence-electron chi connectivity index (χ2n) is 6.80. The number of rotatable bonds is 9. The van der Waals surface area contributed by atoms with Crippen molar-refractivity contribution < 1.29 is 4.79 Å². The predicted octanol–water partition coefficient (Wildman–Crippen LogP) is 3.28. The topological polar surface area (TPSA) is 35.6 Å². The second kappa shape index (κ2) is 10.3. The number of nitrogens with zero attached hydrogens (tertiary/aromatic N) is 2. The van der Waals surface area contributed by atoms with E-state index in [-0.39, 0.29) is 11.9 Å². The van der Waals surface area contributed by atoms with Gasteiger partial charge < -0.3 is 10.2 Å². The minimum absolute atomic E-state index is 0.102. The molecule has 0 radical (unpaired) electrons. The first-order chi connectivity index (χ1) is 11.7. The number of carbonyl (C=O) groups excluding carboxylic acids is 1. The molecule has 0 aliphatic carbocycles. The van der Waals surface area contributed by atoms with E-state index in [1.807, 2.05) is 6.07 Å². The van der Waals surface area contributed by atoms with E-state index < -0.39 is 0 Å². The van der Waals surface area contributed by atoms with Crippen LogP contribution in [0.1, 0.15) is 45.4 Å². The number of carbonyl (C=O) groups is 1. The maximum atomic E-state index is 12.4. The lowest BCUT2D eigenvalue weighted by atomic mass is 10.0. The van der Waals surface area contributed by atoms with Crippen LogP contribution in [0.4, 0.5) is 5.69 Å². The number of hydrogen-bond acceptors (Lipinski definition) is 3. The number of piperidine rings is 1. The highest BCUT2D eigenvalue weighted by atomic mass is 16.2. The third-order valence-electron chi connectivity index (χ3n) is 4.84. The molecule has 134 valence electrons. The van der Waals surface area contributed by atoms with Crippen molar-refractivity contribution in [3.63, 3.8) is 0 Å². The molecule has 1 atom stereocenters. The van der Waals surface area contributed by atoms with Gasteiger partial charge >= 0.3 is 0 Å². The van der Waals surface area contributed by atoms with Crippen LogP contribution in [-0.2, 0) is 4.79 Å². The van der Waals surface area contributed by atoms with E-state index in [9.17, 15) is 4.79 Å². The Morgan fingerprint density at radius 1 is 1.25 bits per heavy atom. The Balaban J connectivity index is 1.63. The van der Waals surface area contributed by atoms with E-state index in [4.69, 9.17) is 0 Å². The highest BCUT2D eigenvalue weighted by Crippen LogP contribution is 2.17. The zero-order valence-electron chi connectivity index (χ0n) is 15.3. The zero-order valence-corrected chi connectivity index (χ0v) is 15.3. The molecule has 1 unspecified atom stereocenters. The summed E-state index contributed by atoms with van der Waals surface area (Å²) in [6, 6.07) is 10.5. The molecule has 0 spiro atoms.